The van der Waals surface area contributed by atoms with Crippen LogP contribution in [-0.2, 0) is 28.6 Å². The van der Waals surface area contributed by atoms with E-state index in [1.165, 1.54) is 103 Å². The lowest BCUT2D eigenvalue weighted by atomic mass is 10.0. The van der Waals surface area contributed by atoms with E-state index in [9.17, 15) is 14.4 Å². The second kappa shape index (κ2) is 64.8. The van der Waals surface area contributed by atoms with Gasteiger partial charge in [0.05, 0.1) is 6.42 Å². The van der Waals surface area contributed by atoms with Crippen LogP contribution in [-0.4, -0.2) is 37.2 Å². The lowest BCUT2D eigenvalue weighted by molar-refractivity contribution is -0.166. The lowest BCUT2D eigenvalue weighted by Crippen LogP contribution is -2.30. The third-order valence-electron chi connectivity index (χ3n) is 13.1. The van der Waals surface area contributed by atoms with Gasteiger partial charge in [-0.1, -0.05) is 282 Å². The van der Waals surface area contributed by atoms with Crippen molar-refractivity contribution in [2.45, 2.75) is 277 Å². The molecular formula is C72H116O6. The number of ether oxygens (including phenoxy) is 3. The van der Waals surface area contributed by atoms with Gasteiger partial charge in [0.1, 0.15) is 13.2 Å². The van der Waals surface area contributed by atoms with E-state index in [0.717, 1.165) is 122 Å². The molecule has 0 spiro atoms. The molecule has 0 heterocycles. The van der Waals surface area contributed by atoms with Crippen molar-refractivity contribution in [3.63, 3.8) is 0 Å². The van der Waals surface area contributed by atoms with Gasteiger partial charge in [-0.05, 0) is 116 Å². The van der Waals surface area contributed by atoms with Crippen molar-refractivity contribution in [1.29, 1.82) is 0 Å². The largest absolute Gasteiger partial charge is 0.462 e. The second-order valence-electron chi connectivity index (χ2n) is 20.6. The van der Waals surface area contributed by atoms with Crippen molar-refractivity contribution in [2.24, 2.45) is 0 Å². The Morgan fingerprint density at radius 2 is 0.538 bits per heavy atom. The van der Waals surface area contributed by atoms with Crippen LogP contribution in [0.5, 0.6) is 0 Å². The van der Waals surface area contributed by atoms with Crippen LogP contribution in [0.15, 0.2) is 146 Å². The average molecular weight is 1080 g/mol. The molecule has 6 nitrogen and oxygen atoms in total. The molecule has 0 amide bonds. The summed E-state index contributed by atoms with van der Waals surface area (Å²) in [6, 6.07) is 0. The molecule has 0 aromatic carbocycles. The summed E-state index contributed by atoms with van der Waals surface area (Å²) in [5.74, 6) is -1.07. The monoisotopic (exact) mass is 1080 g/mol. The van der Waals surface area contributed by atoms with Gasteiger partial charge in [0.15, 0.2) is 6.10 Å². The molecule has 0 fully saturated rings. The highest BCUT2D eigenvalue weighted by Gasteiger charge is 2.19. The number of carbonyl (C=O) groups is 3. The second-order valence-corrected chi connectivity index (χ2v) is 20.6. The maximum atomic E-state index is 12.8. The maximum Gasteiger partial charge on any atom is 0.310 e. The summed E-state index contributed by atoms with van der Waals surface area (Å²) in [6.07, 6.45) is 93.2. The Hall–Kier alpha value is -4.71. The zero-order valence-electron chi connectivity index (χ0n) is 50.4. The van der Waals surface area contributed by atoms with E-state index in [1.807, 2.05) is 6.08 Å². The average Bonchev–Trinajstić information content (AvgIpc) is 3.44. The van der Waals surface area contributed by atoms with Crippen LogP contribution in [0.2, 0.25) is 0 Å². The smallest absolute Gasteiger partial charge is 0.310 e. The third-order valence-corrected chi connectivity index (χ3v) is 13.1. The number of esters is 3. The Morgan fingerprint density at radius 1 is 0.282 bits per heavy atom. The molecule has 1 atom stereocenters. The summed E-state index contributed by atoms with van der Waals surface area (Å²) in [5, 5.41) is 0. The predicted octanol–water partition coefficient (Wildman–Crippen LogP) is 21.9. The Balaban J connectivity index is 4.30. The van der Waals surface area contributed by atoms with E-state index < -0.39 is 12.1 Å². The molecule has 0 saturated carbocycles. The standard InChI is InChI=1S/C72H116O6/c1-4-7-10-13-16-19-22-25-28-29-30-31-32-33-34-35-36-37-38-39-40-41-42-43-45-47-50-53-56-59-62-65-71(74)77-68-69(67-76-70(73)64-61-58-55-52-49-46-27-24-21-18-15-12-9-6-3)78-72(75)66-63-60-57-54-51-48-44-26-23-20-17-14-11-8-5-2/h7-8,10-11,15-20,24-28,30-31,33-34,44,51,54,60,63,69H,4-6,9,12-14,21-23,29,32,35-43,45-50,52-53,55-59,61-62,64-68H2,1-3H3/b10-7-,11-8-,18-15-,19-16-,20-17-,27-24-,28-25-,31-30-,34-33-,44-26-,54-51-,63-60-. The summed E-state index contributed by atoms with van der Waals surface area (Å²) in [4.78, 5) is 38.2. The zero-order valence-corrected chi connectivity index (χ0v) is 50.4. The molecule has 0 aliphatic carbocycles. The molecule has 0 rings (SSSR count). The zero-order chi connectivity index (χ0) is 56.4. The SMILES string of the molecule is CC/C=C\C/C=C\C/C=C\C/C=C\C/C=C\CCCCCCCCCCCCCCCCCC(=O)OCC(COC(=O)CCCCCCC/C=C\C/C=C\CCCC)OC(=O)C/C=C\C/C=C\C/C=C\C/C=C\C/C=C\CC. The quantitative estimate of drug-likeness (QED) is 0.0261. The number of hydrogen-bond acceptors (Lipinski definition) is 6. The first-order valence-corrected chi connectivity index (χ1v) is 31.8. The van der Waals surface area contributed by atoms with Gasteiger partial charge in [0.2, 0.25) is 0 Å². The van der Waals surface area contributed by atoms with Crippen LogP contribution < -0.4 is 0 Å². The molecule has 0 radical (unpaired) electrons. The molecule has 0 aliphatic heterocycles. The summed E-state index contributed by atoms with van der Waals surface area (Å²) in [6.45, 7) is 6.28. The first kappa shape index (κ1) is 73.3. The minimum atomic E-state index is -0.843. The Morgan fingerprint density at radius 3 is 0.846 bits per heavy atom. The molecule has 1 unspecified atom stereocenters. The Bertz CT molecular complexity index is 1710. The maximum absolute atomic E-state index is 12.8. The van der Waals surface area contributed by atoms with E-state index >= 15 is 0 Å². The van der Waals surface area contributed by atoms with E-state index in [0.29, 0.717) is 19.3 Å². The van der Waals surface area contributed by atoms with Crippen LogP contribution >= 0.6 is 0 Å². The van der Waals surface area contributed by atoms with Crippen molar-refractivity contribution in [2.75, 3.05) is 13.2 Å². The summed E-state index contributed by atoms with van der Waals surface area (Å²) >= 11 is 0. The van der Waals surface area contributed by atoms with Gasteiger partial charge >= 0.3 is 17.9 Å². The fourth-order valence-corrected chi connectivity index (χ4v) is 8.39. The molecule has 6 heteroatoms. The van der Waals surface area contributed by atoms with Gasteiger partial charge in [-0.15, -0.1) is 0 Å². The highest BCUT2D eigenvalue weighted by molar-refractivity contribution is 5.72. The van der Waals surface area contributed by atoms with Crippen molar-refractivity contribution < 1.29 is 28.6 Å². The minimum Gasteiger partial charge on any atom is -0.462 e. The highest BCUT2D eigenvalue weighted by atomic mass is 16.6. The fraction of sp³-hybridized carbons (Fsp3) is 0.625. The summed E-state index contributed by atoms with van der Waals surface area (Å²) < 4.78 is 16.8. The van der Waals surface area contributed by atoms with Crippen LogP contribution in [0, 0.1) is 0 Å². The lowest BCUT2D eigenvalue weighted by Gasteiger charge is -2.18. The van der Waals surface area contributed by atoms with Crippen molar-refractivity contribution >= 4 is 17.9 Å². The minimum absolute atomic E-state index is 0.0894. The molecule has 0 N–H and O–H groups in total. The van der Waals surface area contributed by atoms with Gasteiger partial charge in [-0.2, -0.15) is 0 Å². The molecule has 0 bridgehead atoms. The van der Waals surface area contributed by atoms with Gasteiger partial charge in [0, 0.05) is 12.8 Å². The summed E-state index contributed by atoms with van der Waals surface area (Å²) in [7, 11) is 0. The van der Waals surface area contributed by atoms with Crippen LogP contribution in [0.3, 0.4) is 0 Å². The number of hydrogen-bond donors (Lipinski definition) is 0. The molecular weight excluding hydrogens is 961 g/mol. The fourth-order valence-electron chi connectivity index (χ4n) is 8.39. The van der Waals surface area contributed by atoms with Gasteiger partial charge < -0.3 is 14.2 Å². The van der Waals surface area contributed by atoms with E-state index in [1.54, 1.807) is 6.08 Å². The normalized spacial score (nSPS) is 13.1. The van der Waals surface area contributed by atoms with Crippen molar-refractivity contribution in [3.8, 4) is 0 Å². The van der Waals surface area contributed by atoms with E-state index in [4.69, 9.17) is 14.2 Å². The van der Waals surface area contributed by atoms with E-state index in [-0.39, 0.29) is 31.6 Å². The van der Waals surface area contributed by atoms with Crippen LogP contribution in [0.1, 0.15) is 271 Å². The number of unbranched alkanes of at least 4 members (excludes halogenated alkanes) is 22. The number of carbonyl (C=O) groups excluding carboxylic acids is 3. The first-order valence-electron chi connectivity index (χ1n) is 31.8. The third kappa shape index (κ3) is 62.1. The highest BCUT2D eigenvalue weighted by Crippen LogP contribution is 2.15. The van der Waals surface area contributed by atoms with Crippen molar-refractivity contribution in [3.05, 3.63) is 146 Å². The van der Waals surface area contributed by atoms with E-state index in [2.05, 4.69) is 154 Å². The van der Waals surface area contributed by atoms with Gasteiger partial charge in [0.25, 0.3) is 0 Å². The number of allylic oxidation sites excluding steroid dienone is 23. The first-order chi connectivity index (χ1) is 38.5. The molecule has 0 aromatic rings. The molecule has 78 heavy (non-hydrogen) atoms. The van der Waals surface area contributed by atoms with Crippen molar-refractivity contribution in [1.82, 2.24) is 0 Å². The van der Waals surface area contributed by atoms with Crippen LogP contribution in [0.25, 0.3) is 0 Å². The topological polar surface area (TPSA) is 78.9 Å². The Labute approximate surface area is 480 Å². The Kier molecular flexibility index (Phi) is 60.9. The molecule has 440 valence electrons. The molecule has 0 saturated heterocycles. The van der Waals surface area contributed by atoms with Gasteiger partial charge in [-0.3, -0.25) is 14.4 Å². The molecule has 0 aliphatic rings. The molecule has 0 aromatic heterocycles. The predicted molar refractivity (Wildman–Crippen MR) is 339 cm³/mol. The van der Waals surface area contributed by atoms with Crippen LogP contribution in [0.4, 0.5) is 0 Å². The summed E-state index contributed by atoms with van der Waals surface area (Å²) in [5.41, 5.74) is 0. The number of rotatable bonds is 56. The van der Waals surface area contributed by atoms with Gasteiger partial charge in [-0.25, -0.2) is 0 Å².